The number of rotatable bonds is 2. The zero-order chi connectivity index (χ0) is 12.6. The third-order valence-electron chi connectivity index (χ3n) is 2.74. The standard InChI is InChI=1S/C10H13BrN2O3S/c11-9-5-8(1-2-10(9)12)17(15,16)13-4-3-7(14)6-13/h1-2,5,7,14H,3-4,6,12H2/t7-/m1/s1. The molecule has 1 saturated heterocycles. The third kappa shape index (κ3) is 2.47. The Bertz CT molecular complexity index is 532. The maximum absolute atomic E-state index is 12.2. The first-order valence-corrected chi connectivity index (χ1v) is 7.38. The predicted octanol–water partition coefficient (Wildman–Crippen LogP) is 0.787. The summed E-state index contributed by atoms with van der Waals surface area (Å²) in [6.07, 6.45) is -0.0861. The van der Waals surface area contributed by atoms with Crippen LogP contribution in [0.5, 0.6) is 0 Å². The summed E-state index contributed by atoms with van der Waals surface area (Å²) in [5, 5.41) is 9.37. The average Bonchev–Trinajstić information content (AvgIpc) is 2.69. The number of β-amino-alcohol motifs (C(OH)–C–C–N with tert-alkyl or cyclic N) is 1. The number of hydrogen-bond donors (Lipinski definition) is 2. The molecule has 5 nitrogen and oxygen atoms in total. The van der Waals surface area contributed by atoms with Crippen LogP contribution in [-0.2, 0) is 10.0 Å². The lowest BCUT2D eigenvalue weighted by molar-refractivity contribution is 0.189. The van der Waals surface area contributed by atoms with Gasteiger partial charge in [0, 0.05) is 23.2 Å². The lowest BCUT2D eigenvalue weighted by atomic mass is 10.3. The molecule has 1 aliphatic heterocycles. The van der Waals surface area contributed by atoms with Crippen LogP contribution in [0, 0.1) is 0 Å². The Morgan fingerprint density at radius 2 is 2.18 bits per heavy atom. The van der Waals surface area contributed by atoms with E-state index in [1.54, 1.807) is 6.07 Å². The zero-order valence-corrected chi connectivity index (χ0v) is 11.4. The molecule has 7 heteroatoms. The number of benzene rings is 1. The summed E-state index contributed by atoms with van der Waals surface area (Å²) in [5.74, 6) is 0. The van der Waals surface area contributed by atoms with Crippen molar-refractivity contribution in [3.63, 3.8) is 0 Å². The van der Waals surface area contributed by atoms with Gasteiger partial charge in [0.25, 0.3) is 0 Å². The smallest absolute Gasteiger partial charge is 0.243 e. The van der Waals surface area contributed by atoms with Crippen molar-refractivity contribution in [2.75, 3.05) is 18.8 Å². The van der Waals surface area contributed by atoms with Crippen molar-refractivity contribution in [1.82, 2.24) is 4.31 Å². The molecule has 94 valence electrons. The maximum Gasteiger partial charge on any atom is 0.243 e. The van der Waals surface area contributed by atoms with E-state index in [2.05, 4.69) is 15.9 Å². The van der Waals surface area contributed by atoms with Gasteiger partial charge in [-0.2, -0.15) is 4.31 Å². The molecule has 1 aromatic rings. The molecule has 1 heterocycles. The van der Waals surface area contributed by atoms with Crippen molar-refractivity contribution < 1.29 is 13.5 Å². The highest BCUT2D eigenvalue weighted by molar-refractivity contribution is 9.10. The summed E-state index contributed by atoms with van der Waals surface area (Å²) in [7, 11) is -3.52. The molecule has 17 heavy (non-hydrogen) atoms. The Balaban J connectivity index is 2.35. The molecule has 1 fully saturated rings. The summed E-state index contributed by atoms with van der Waals surface area (Å²) in [6, 6.07) is 4.50. The van der Waals surface area contributed by atoms with E-state index in [4.69, 9.17) is 5.73 Å². The molecule has 3 N–H and O–H groups in total. The van der Waals surface area contributed by atoms with Crippen molar-refractivity contribution in [2.45, 2.75) is 17.4 Å². The number of halogens is 1. The molecule has 2 rings (SSSR count). The Morgan fingerprint density at radius 1 is 1.47 bits per heavy atom. The van der Waals surface area contributed by atoms with Gasteiger partial charge in [0.2, 0.25) is 10.0 Å². The molecule has 0 radical (unpaired) electrons. The summed E-state index contributed by atoms with van der Waals surface area (Å²) in [4.78, 5) is 0.188. The Kier molecular flexibility index (Phi) is 3.44. The second-order valence-electron chi connectivity index (χ2n) is 3.99. The number of sulfonamides is 1. The van der Waals surface area contributed by atoms with E-state index in [9.17, 15) is 13.5 Å². The predicted molar refractivity (Wildman–Crippen MR) is 67.9 cm³/mol. The summed E-state index contributed by atoms with van der Waals surface area (Å²) >= 11 is 3.20. The molecular formula is C10H13BrN2O3S. The van der Waals surface area contributed by atoms with E-state index >= 15 is 0 Å². The Morgan fingerprint density at radius 3 is 2.71 bits per heavy atom. The quantitative estimate of drug-likeness (QED) is 0.789. The molecule has 0 spiro atoms. The maximum atomic E-state index is 12.2. The topological polar surface area (TPSA) is 83.6 Å². The fourth-order valence-corrected chi connectivity index (χ4v) is 3.80. The highest BCUT2D eigenvalue weighted by atomic mass is 79.9. The normalized spacial score (nSPS) is 21.9. The van der Waals surface area contributed by atoms with Crippen molar-refractivity contribution >= 4 is 31.6 Å². The minimum absolute atomic E-state index is 0.157. The fraction of sp³-hybridized carbons (Fsp3) is 0.400. The minimum Gasteiger partial charge on any atom is -0.398 e. The van der Waals surface area contributed by atoms with Gasteiger partial charge in [0.15, 0.2) is 0 Å². The summed E-state index contributed by atoms with van der Waals surface area (Å²) in [5.41, 5.74) is 6.10. The highest BCUT2D eigenvalue weighted by Gasteiger charge is 2.31. The van der Waals surface area contributed by atoms with Gasteiger partial charge in [-0.15, -0.1) is 0 Å². The summed E-state index contributed by atoms with van der Waals surface area (Å²) in [6.45, 7) is 0.510. The van der Waals surface area contributed by atoms with Crippen LogP contribution in [0.25, 0.3) is 0 Å². The van der Waals surface area contributed by atoms with Gasteiger partial charge in [0.1, 0.15) is 0 Å². The molecule has 0 aromatic heterocycles. The first-order chi connectivity index (χ1) is 7.91. The molecule has 1 atom stereocenters. The second-order valence-corrected chi connectivity index (χ2v) is 6.78. The van der Waals surface area contributed by atoms with Crippen LogP contribution in [0.4, 0.5) is 5.69 Å². The van der Waals surface area contributed by atoms with Gasteiger partial charge >= 0.3 is 0 Å². The SMILES string of the molecule is Nc1ccc(S(=O)(=O)N2CC[C@@H](O)C2)cc1Br. The number of hydrogen-bond acceptors (Lipinski definition) is 4. The summed E-state index contributed by atoms with van der Waals surface area (Å²) < 4.78 is 26.2. The zero-order valence-electron chi connectivity index (χ0n) is 9.01. The van der Waals surface area contributed by atoms with Crippen LogP contribution in [-0.4, -0.2) is 37.0 Å². The van der Waals surface area contributed by atoms with Gasteiger partial charge < -0.3 is 10.8 Å². The number of nitrogens with zero attached hydrogens (tertiary/aromatic N) is 1. The lowest BCUT2D eigenvalue weighted by Gasteiger charge is -2.16. The molecular weight excluding hydrogens is 308 g/mol. The van der Waals surface area contributed by atoms with E-state index in [0.717, 1.165) is 0 Å². The van der Waals surface area contributed by atoms with E-state index in [1.807, 2.05) is 0 Å². The van der Waals surface area contributed by atoms with Crippen molar-refractivity contribution in [2.24, 2.45) is 0 Å². The monoisotopic (exact) mass is 320 g/mol. The Labute approximate surface area is 108 Å². The van der Waals surface area contributed by atoms with Crippen LogP contribution < -0.4 is 5.73 Å². The number of aliphatic hydroxyl groups excluding tert-OH is 1. The van der Waals surface area contributed by atoms with Gasteiger partial charge in [-0.05, 0) is 40.5 Å². The van der Waals surface area contributed by atoms with Crippen LogP contribution in [0.1, 0.15) is 6.42 Å². The van der Waals surface area contributed by atoms with Crippen molar-refractivity contribution in [1.29, 1.82) is 0 Å². The molecule has 0 unspecified atom stereocenters. The van der Waals surface area contributed by atoms with Crippen LogP contribution >= 0.6 is 15.9 Å². The minimum atomic E-state index is -3.52. The number of aliphatic hydroxyl groups is 1. The molecule has 1 aliphatic rings. The van der Waals surface area contributed by atoms with Gasteiger partial charge in [-0.1, -0.05) is 0 Å². The van der Waals surface area contributed by atoms with Crippen molar-refractivity contribution in [3.05, 3.63) is 22.7 Å². The number of nitrogens with two attached hydrogens (primary N) is 1. The van der Waals surface area contributed by atoms with Crippen molar-refractivity contribution in [3.8, 4) is 0 Å². The Hall–Kier alpha value is -0.630. The molecule has 0 bridgehead atoms. The molecule has 0 amide bonds. The molecule has 0 aliphatic carbocycles. The van der Waals surface area contributed by atoms with E-state index in [-0.39, 0.29) is 11.4 Å². The molecule has 1 aromatic carbocycles. The highest BCUT2D eigenvalue weighted by Crippen LogP contribution is 2.26. The number of anilines is 1. The fourth-order valence-electron chi connectivity index (χ4n) is 1.75. The van der Waals surface area contributed by atoms with Crippen LogP contribution in [0.2, 0.25) is 0 Å². The van der Waals surface area contributed by atoms with Gasteiger partial charge in [0.05, 0.1) is 11.0 Å². The van der Waals surface area contributed by atoms with E-state index < -0.39 is 16.1 Å². The average molecular weight is 321 g/mol. The first kappa shape index (κ1) is 12.8. The lowest BCUT2D eigenvalue weighted by Crippen LogP contribution is -2.29. The second kappa shape index (κ2) is 4.56. The van der Waals surface area contributed by atoms with Gasteiger partial charge in [-0.3, -0.25) is 0 Å². The van der Waals surface area contributed by atoms with Crippen LogP contribution in [0.15, 0.2) is 27.6 Å². The van der Waals surface area contributed by atoms with Gasteiger partial charge in [-0.25, -0.2) is 8.42 Å². The number of nitrogen functional groups attached to an aromatic ring is 1. The van der Waals surface area contributed by atoms with E-state index in [1.165, 1.54) is 16.4 Å². The first-order valence-electron chi connectivity index (χ1n) is 5.14. The molecule has 0 saturated carbocycles. The largest absolute Gasteiger partial charge is 0.398 e. The van der Waals surface area contributed by atoms with Crippen LogP contribution in [0.3, 0.4) is 0 Å². The van der Waals surface area contributed by atoms with E-state index in [0.29, 0.717) is 23.1 Å². The third-order valence-corrected chi connectivity index (χ3v) is 5.28.